The number of amides is 2. The molecule has 5 rings (SSSR count). The van der Waals surface area contributed by atoms with Crippen LogP contribution in [0.3, 0.4) is 0 Å². The normalized spacial score (nSPS) is 11.3. The number of hydrogen-bond acceptors (Lipinski definition) is 5. The van der Waals surface area contributed by atoms with Crippen LogP contribution < -0.4 is 20.5 Å². The third-order valence-electron chi connectivity index (χ3n) is 8.06. The van der Waals surface area contributed by atoms with Crippen molar-refractivity contribution in [3.8, 4) is 16.9 Å². The van der Waals surface area contributed by atoms with Crippen molar-refractivity contribution in [3.63, 3.8) is 0 Å². The molecule has 0 bridgehead atoms. The molecule has 2 aromatic carbocycles. The summed E-state index contributed by atoms with van der Waals surface area (Å²) in [7, 11) is 0. The molecule has 0 aliphatic rings. The molecule has 3 aromatic heterocycles. The van der Waals surface area contributed by atoms with Crippen molar-refractivity contribution in [2.75, 3.05) is 23.4 Å². The molecule has 0 aliphatic carbocycles. The Hall–Kier alpha value is -4.98. The standard InChI is InChI=1S/C38H43N5O3/c1-6-7-19-43(34-24-28-13-11-18-40-36(28)42-37(34)44)38(45)41-35-32(25(2)3)22-29(23-33(35)26(4)5)27-12-10-15-31(21-27)46-20-16-30-14-8-9-17-39-30/h8-15,17-18,21-26H,6-7,16,19-20H2,1-5H3,(H,41,45)(H,40,42,44). The highest BCUT2D eigenvalue weighted by Gasteiger charge is 2.24. The van der Waals surface area contributed by atoms with E-state index < -0.39 is 0 Å². The predicted octanol–water partition coefficient (Wildman–Crippen LogP) is 8.69. The van der Waals surface area contributed by atoms with Gasteiger partial charge in [-0.25, -0.2) is 9.78 Å². The van der Waals surface area contributed by atoms with Gasteiger partial charge in [-0.15, -0.1) is 0 Å². The molecule has 238 valence electrons. The largest absolute Gasteiger partial charge is 0.493 e. The average molecular weight is 618 g/mol. The molecule has 0 aliphatic heterocycles. The Morgan fingerprint density at radius 3 is 2.35 bits per heavy atom. The molecule has 2 N–H and O–H groups in total. The minimum absolute atomic E-state index is 0.129. The van der Waals surface area contributed by atoms with Gasteiger partial charge in [-0.3, -0.25) is 14.7 Å². The van der Waals surface area contributed by atoms with Gasteiger partial charge in [0.25, 0.3) is 5.56 Å². The summed E-state index contributed by atoms with van der Waals surface area (Å²) in [6.45, 7) is 11.5. The van der Waals surface area contributed by atoms with E-state index in [1.807, 2.05) is 42.5 Å². The lowest BCUT2D eigenvalue weighted by Crippen LogP contribution is -2.39. The molecule has 0 radical (unpaired) electrons. The molecule has 0 saturated heterocycles. The van der Waals surface area contributed by atoms with Gasteiger partial charge in [-0.2, -0.15) is 0 Å². The number of rotatable bonds is 12. The van der Waals surface area contributed by atoms with E-state index in [2.05, 4.69) is 79.2 Å². The van der Waals surface area contributed by atoms with Crippen LogP contribution in [0.15, 0.2) is 90.0 Å². The van der Waals surface area contributed by atoms with Gasteiger partial charge < -0.3 is 15.0 Å². The molecule has 0 saturated carbocycles. The van der Waals surface area contributed by atoms with Crippen molar-refractivity contribution in [2.24, 2.45) is 0 Å². The van der Waals surface area contributed by atoms with Crippen LogP contribution in [0.5, 0.6) is 5.75 Å². The highest BCUT2D eigenvalue weighted by atomic mass is 16.5. The van der Waals surface area contributed by atoms with Gasteiger partial charge in [-0.1, -0.05) is 59.2 Å². The van der Waals surface area contributed by atoms with Crippen molar-refractivity contribution in [1.82, 2.24) is 15.0 Å². The minimum Gasteiger partial charge on any atom is -0.493 e. The van der Waals surface area contributed by atoms with Crippen molar-refractivity contribution in [3.05, 3.63) is 112 Å². The fourth-order valence-corrected chi connectivity index (χ4v) is 5.54. The Kier molecular flexibility index (Phi) is 10.5. The van der Waals surface area contributed by atoms with Crippen LogP contribution in [0, 0.1) is 0 Å². The molecule has 0 unspecified atom stereocenters. The molecular formula is C38H43N5O3. The zero-order valence-electron chi connectivity index (χ0n) is 27.3. The van der Waals surface area contributed by atoms with Crippen LogP contribution in [-0.2, 0) is 6.42 Å². The number of carbonyl (C=O) groups excluding carboxylic acids is 1. The molecule has 8 nitrogen and oxygen atoms in total. The van der Waals surface area contributed by atoms with Crippen LogP contribution in [0.1, 0.15) is 76.1 Å². The quantitative estimate of drug-likeness (QED) is 0.146. The van der Waals surface area contributed by atoms with E-state index in [-0.39, 0.29) is 23.4 Å². The lowest BCUT2D eigenvalue weighted by atomic mass is 9.88. The zero-order valence-corrected chi connectivity index (χ0v) is 27.3. The fourth-order valence-electron chi connectivity index (χ4n) is 5.54. The van der Waals surface area contributed by atoms with Gasteiger partial charge in [0.1, 0.15) is 17.1 Å². The number of pyridine rings is 3. The predicted molar refractivity (Wildman–Crippen MR) is 187 cm³/mol. The summed E-state index contributed by atoms with van der Waals surface area (Å²) in [5, 5.41) is 4.01. The van der Waals surface area contributed by atoms with Crippen LogP contribution in [0.2, 0.25) is 0 Å². The third kappa shape index (κ3) is 7.62. The van der Waals surface area contributed by atoms with Gasteiger partial charge in [0.2, 0.25) is 0 Å². The maximum absolute atomic E-state index is 14.1. The van der Waals surface area contributed by atoms with E-state index in [4.69, 9.17) is 4.74 Å². The van der Waals surface area contributed by atoms with Gasteiger partial charge in [0, 0.05) is 42.1 Å². The summed E-state index contributed by atoms with van der Waals surface area (Å²) in [5.74, 6) is 1.06. The van der Waals surface area contributed by atoms with Crippen LogP contribution >= 0.6 is 0 Å². The monoisotopic (exact) mass is 617 g/mol. The summed E-state index contributed by atoms with van der Waals surface area (Å²) < 4.78 is 6.11. The lowest BCUT2D eigenvalue weighted by Gasteiger charge is -2.27. The molecule has 2 amide bonds. The highest BCUT2D eigenvalue weighted by Crippen LogP contribution is 2.38. The number of unbranched alkanes of at least 4 members (excludes halogenated alkanes) is 1. The second kappa shape index (κ2) is 14.9. The summed E-state index contributed by atoms with van der Waals surface area (Å²) in [4.78, 5) is 40.3. The number of nitrogens with one attached hydrogen (secondary N) is 2. The van der Waals surface area contributed by atoms with Gasteiger partial charge in [-0.05, 0) is 95.1 Å². The smallest absolute Gasteiger partial charge is 0.326 e. The first-order chi connectivity index (χ1) is 22.2. The molecule has 3 heterocycles. The Labute approximate surface area is 270 Å². The molecular weight excluding hydrogens is 574 g/mol. The SMILES string of the molecule is CCCCN(C(=O)Nc1c(C(C)C)cc(-c2cccc(OCCc3ccccn3)c2)cc1C(C)C)c1cc2cccnc2[nH]c1=O. The molecule has 5 aromatic rings. The number of ether oxygens (including phenoxy) is 1. The van der Waals surface area contributed by atoms with E-state index >= 15 is 0 Å². The van der Waals surface area contributed by atoms with Crippen molar-refractivity contribution >= 4 is 28.4 Å². The summed E-state index contributed by atoms with van der Waals surface area (Å²) in [5.41, 5.74) is 6.40. The Balaban J connectivity index is 1.46. The first kappa shape index (κ1) is 32.4. The lowest BCUT2D eigenvalue weighted by molar-refractivity contribution is 0.256. The number of fused-ring (bicyclic) bond motifs is 1. The number of aromatic nitrogens is 3. The van der Waals surface area contributed by atoms with Crippen molar-refractivity contribution in [1.29, 1.82) is 0 Å². The first-order valence-electron chi connectivity index (χ1n) is 16.1. The average Bonchev–Trinajstić information content (AvgIpc) is 3.05. The van der Waals surface area contributed by atoms with E-state index in [9.17, 15) is 9.59 Å². The second-order valence-corrected chi connectivity index (χ2v) is 12.1. The van der Waals surface area contributed by atoms with Gasteiger partial charge in [0.05, 0.1) is 6.61 Å². The summed E-state index contributed by atoms with van der Waals surface area (Å²) in [6, 6.07) is 23.4. The molecule has 46 heavy (non-hydrogen) atoms. The summed E-state index contributed by atoms with van der Waals surface area (Å²) in [6.07, 6.45) is 5.80. The molecule has 8 heteroatoms. The van der Waals surface area contributed by atoms with Crippen LogP contribution in [-0.4, -0.2) is 34.1 Å². The number of carbonyl (C=O) groups is 1. The minimum atomic E-state index is -0.344. The maximum Gasteiger partial charge on any atom is 0.326 e. The molecule has 0 spiro atoms. The second-order valence-electron chi connectivity index (χ2n) is 12.1. The zero-order chi connectivity index (χ0) is 32.6. The molecule has 0 fully saturated rings. The number of H-pyrrole nitrogens is 1. The van der Waals surface area contributed by atoms with Gasteiger partial charge in [0.15, 0.2) is 0 Å². The maximum atomic E-state index is 14.1. The number of benzene rings is 2. The number of nitrogens with zero attached hydrogens (tertiary/aromatic N) is 3. The van der Waals surface area contributed by atoms with Gasteiger partial charge >= 0.3 is 6.03 Å². The van der Waals surface area contributed by atoms with E-state index in [1.165, 1.54) is 0 Å². The first-order valence-corrected chi connectivity index (χ1v) is 16.1. The number of urea groups is 1. The number of aromatic amines is 1. The third-order valence-corrected chi connectivity index (χ3v) is 8.06. The Morgan fingerprint density at radius 1 is 0.891 bits per heavy atom. The number of anilines is 2. The van der Waals surface area contributed by atoms with Crippen LogP contribution in [0.25, 0.3) is 22.2 Å². The summed E-state index contributed by atoms with van der Waals surface area (Å²) >= 11 is 0. The van der Waals surface area contributed by atoms with Crippen LogP contribution in [0.4, 0.5) is 16.2 Å². The van der Waals surface area contributed by atoms with Crippen molar-refractivity contribution in [2.45, 2.75) is 65.7 Å². The fraction of sp³-hybridized carbons (Fsp3) is 0.316. The van der Waals surface area contributed by atoms with Crippen molar-refractivity contribution < 1.29 is 9.53 Å². The van der Waals surface area contributed by atoms with E-state index in [0.717, 1.165) is 64.0 Å². The Bertz CT molecular complexity index is 1820. The Morgan fingerprint density at radius 2 is 1.65 bits per heavy atom. The van der Waals surface area contributed by atoms with E-state index in [0.29, 0.717) is 24.5 Å². The topological polar surface area (TPSA) is 100 Å². The molecule has 0 atom stereocenters. The number of hydrogen-bond donors (Lipinski definition) is 2. The van der Waals surface area contributed by atoms with E-state index in [1.54, 1.807) is 23.4 Å². The highest BCUT2D eigenvalue weighted by molar-refractivity contribution is 6.03.